The Morgan fingerprint density at radius 2 is 2.44 bits per heavy atom. The van der Waals surface area contributed by atoms with Crippen LogP contribution >= 0.6 is 11.3 Å². The van der Waals surface area contributed by atoms with E-state index in [2.05, 4.69) is 10.3 Å². The van der Waals surface area contributed by atoms with Gasteiger partial charge in [0.1, 0.15) is 0 Å². The van der Waals surface area contributed by atoms with Gasteiger partial charge >= 0.3 is 0 Å². The first-order chi connectivity index (χ1) is 7.75. The van der Waals surface area contributed by atoms with E-state index in [-0.39, 0.29) is 5.91 Å². The second kappa shape index (κ2) is 5.27. The van der Waals surface area contributed by atoms with Crippen LogP contribution in [0.4, 0.5) is 5.13 Å². The number of carbonyl (C=O) groups is 1. The third-order valence-electron chi connectivity index (χ3n) is 2.59. The molecule has 0 unspecified atom stereocenters. The number of rotatable bonds is 2. The van der Waals surface area contributed by atoms with Gasteiger partial charge in [0, 0.05) is 25.0 Å². The molecule has 1 aromatic heterocycles. The Morgan fingerprint density at radius 1 is 1.56 bits per heavy atom. The SMILES string of the molecule is Nc1nc(CC(=O)N2CCCNCC2)cs1. The Bertz CT molecular complexity index is 357. The molecular weight excluding hydrogens is 224 g/mol. The first-order valence-corrected chi connectivity index (χ1v) is 6.32. The zero-order chi connectivity index (χ0) is 11.4. The maximum atomic E-state index is 12.0. The molecule has 0 aromatic carbocycles. The van der Waals surface area contributed by atoms with E-state index in [1.165, 1.54) is 11.3 Å². The highest BCUT2D eigenvalue weighted by Gasteiger charge is 2.16. The Balaban J connectivity index is 1.91. The van der Waals surface area contributed by atoms with E-state index in [9.17, 15) is 4.79 Å². The van der Waals surface area contributed by atoms with Crippen molar-refractivity contribution in [3.05, 3.63) is 11.1 Å². The molecule has 2 heterocycles. The zero-order valence-corrected chi connectivity index (χ0v) is 9.92. The van der Waals surface area contributed by atoms with E-state index < -0.39 is 0 Å². The second-order valence-corrected chi connectivity index (χ2v) is 4.73. The molecule has 1 aromatic rings. The van der Waals surface area contributed by atoms with Crippen LogP contribution in [0, 0.1) is 0 Å². The summed E-state index contributed by atoms with van der Waals surface area (Å²) in [5.41, 5.74) is 6.31. The molecule has 16 heavy (non-hydrogen) atoms. The molecule has 0 spiro atoms. The maximum Gasteiger partial charge on any atom is 0.228 e. The molecule has 0 bridgehead atoms. The first-order valence-electron chi connectivity index (χ1n) is 5.44. The standard InChI is InChI=1S/C10H16N4OS/c11-10-13-8(7-16-10)6-9(15)14-4-1-2-12-3-5-14/h7,12H,1-6H2,(H2,11,13). The van der Waals surface area contributed by atoms with Crippen LogP contribution in [0.25, 0.3) is 0 Å². The topological polar surface area (TPSA) is 71.2 Å². The fraction of sp³-hybridized carbons (Fsp3) is 0.600. The molecule has 0 atom stereocenters. The number of nitrogens with two attached hydrogens (primary N) is 1. The largest absolute Gasteiger partial charge is 0.375 e. The van der Waals surface area contributed by atoms with Gasteiger partial charge in [-0.1, -0.05) is 0 Å². The lowest BCUT2D eigenvalue weighted by molar-refractivity contribution is -0.130. The molecule has 5 nitrogen and oxygen atoms in total. The van der Waals surface area contributed by atoms with E-state index in [4.69, 9.17) is 5.73 Å². The van der Waals surface area contributed by atoms with Gasteiger partial charge in [-0.3, -0.25) is 4.79 Å². The van der Waals surface area contributed by atoms with Gasteiger partial charge in [0.25, 0.3) is 0 Å². The number of nitrogen functional groups attached to an aromatic ring is 1. The minimum absolute atomic E-state index is 0.147. The number of aromatic nitrogens is 1. The molecule has 1 fully saturated rings. The van der Waals surface area contributed by atoms with Crippen molar-refractivity contribution in [1.29, 1.82) is 0 Å². The molecule has 0 aliphatic carbocycles. The molecule has 2 rings (SSSR count). The third kappa shape index (κ3) is 2.93. The predicted molar refractivity (Wildman–Crippen MR) is 64.3 cm³/mol. The normalized spacial score (nSPS) is 17.1. The molecule has 3 N–H and O–H groups in total. The first kappa shape index (κ1) is 11.3. The van der Waals surface area contributed by atoms with E-state index in [1.54, 1.807) is 0 Å². The van der Waals surface area contributed by atoms with Gasteiger partial charge in [0.05, 0.1) is 12.1 Å². The lowest BCUT2D eigenvalue weighted by atomic mass is 10.3. The fourth-order valence-electron chi connectivity index (χ4n) is 1.77. The van der Waals surface area contributed by atoms with Crippen LogP contribution in [-0.4, -0.2) is 42.0 Å². The van der Waals surface area contributed by atoms with Gasteiger partial charge in [-0.05, 0) is 13.0 Å². The van der Waals surface area contributed by atoms with Gasteiger partial charge in [-0.25, -0.2) is 4.98 Å². The number of anilines is 1. The number of hydrogen-bond donors (Lipinski definition) is 2. The Hall–Kier alpha value is -1.14. The van der Waals surface area contributed by atoms with Crippen LogP contribution in [0.15, 0.2) is 5.38 Å². The molecule has 0 saturated carbocycles. The Labute approximate surface area is 98.7 Å². The van der Waals surface area contributed by atoms with Gasteiger partial charge < -0.3 is 16.0 Å². The summed E-state index contributed by atoms with van der Waals surface area (Å²) in [4.78, 5) is 18.0. The van der Waals surface area contributed by atoms with Crippen LogP contribution in [0.2, 0.25) is 0 Å². The van der Waals surface area contributed by atoms with Crippen molar-refractivity contribution in [2.45, 2.75) is 12.8 Å². The molecule has 88 valence electrons. The smallest absolute Gasteiger partial charge is 0.228 e. The number of nitrogens with one attached hydrogen (secondary N) is 1. The summed E-state index contributed by atoms with van der Waals surface area (Å²) in [5.74, 6) is 0.147. The van der Waals surface area contributed by atoms with Crippen molar-refractivity contribution in [3.8, 4) is 0 Å². The highest BCUT2D eigenvalue weighted by atomic mass is 32.1. The molecule has 1 saturated heterocycles. The zero-order valence-electron chi connectivity index (χ0n) is 9.11. The van der Waals surface area contributed by atoms with Gasteiger partial charge in [-0.2, -0.15) is 0 Å². The minimum Gasteiger partial charge on any atom is -0.375 e. The highest BCUT2D eigenvalue weighted by molar-refractivity contribution is 7.13. The second-order valence-electron chi connectivity index (χ2n) is 3.84. The lowest BCUT2D eigenvalue weighted by Gasteiger charge is -2.19. The summed E-state index contributed by atoms with van der Waals surface area (Å²) < 4.78 is 0. The van der Waals surface area contributed by atoms with Crippen molar-refractivity contribution < 1.29 is 4.79 Å². The van der Waals surface area contributed by atoms with Crippen LogP contribution in [0.3, 0.4) is 0 Å². The number of nitrogens with zero attached hydrogens (tertiary/aromatic N) is 2. The van der Waals surface area contributed by atoms with Crippen molar-refractivity contribution in [3.63, 3.8) is 0 Å². The number of carbonyl (C=O) groups excluding carboxylic acids is 1. The summed E-state index contributed by atoms with van der Waals surface area (Å²) in [6, 6.07) is 0. The number of hydrogen-bond acceptors (Lipinski definition) is 5. The summed E-state index contributed by atoms with van der Waals surface area (Å²) in [5, 5.41) is 5.65. The van der Waals surface area contributed by atoms with Gasteiger partial charge in [0.2, 0.25) is 5.91 Å². The monoisotopic (exact) mass is 240 g/mol. The van der Waals surface area contributed by atoms with Crippen LogP contribution in [0.5, 0.6) is 0 Å². The maximum absolute atomic E-state index is 12.0. The summed E-state index contributed by atoms with van der Waals surface area (Å²) in [7, 11) is 0. The van der Waals surface area contributed by atoms with E-state index in [0.717, 1.165) is 38.3 Å². The van der Waals surface area contributed by atoms with Gasteiger partial charge in [0.15, 0.2) is 5.13 Å². The Kier molecular flexibility index (Phi) is 3.74. The molecule has 1 amide bonds. The summed E-state index contributed by atoms with van der Waals surface area (Å²) in [6.07, 6.45) is 1.39. The van der Waals surface area contributed by atoms with Crippen LogP contribution in [-0.2, 0) is 11.2 Å². The number of amides is 1. The number of thiazole rings is 1. The summed E-state index contributed by atoms with van der Waals surface area (Å²) in [6.45, 7) is 3.50. The van der Waals surface area contributed by atoms with Crippen molar-refractivity contribution >= 4 is 22.4 Å². The third-order valence-corrected chi connectivity index (χ3v) is 3.32. The Morgan fingerprint density at radius 3 is 3.19 bits per heavy atom. The fourth-order valence-corrected chi connectivity index (χ4v) is 2.33. The van der Waals surface area contributed by atoms with Crippen LogP contribution < -0.4 is 11.1 Å². The highest BCUT2D eigenvalue weighted by Crippen LogP contribution is 2.12. The summed E-state index contributed by atoms with van der Waals surface area (Å²) >= 11 is 1.38. The molecule has 6 heteroatoms. The van der Waals surface area contributed by atoms with Crippen molar-refractivity contribution in [2.24, 2.45) is 0 Å². The lowest BCUT2D eigenvalue weighted by Crippen LogP contribution is -2.35. The predicted octanol–water partition coefficient (Wildman–Crippen LogP) is 0.0897. The van der Waals surface area contributed by atoms with Crippen molar-refractivity contribution in [2.75, 3.05) is 31.9 Å². The van der Waals surface area contributed by atoms with E-state index in [0.29, 0.717) is 11.6 Å². The average molecular weight is 240 g/mol. The molecule has 1 aliphatic rings. The molecule has 0 radical (unpaired) electrons. The minimum atomic E-state index is 0.147. The molecular formula is C10H16N4OS. The van der Waals surface area contributed by atoms with Crippen molar-refractivity contribution in [1.82, 2.24) is 15.2 Å². The average Bonchev–Trinajstić information content (AvgIpc) is 2.56. The molecule has 1 aliphatic heterocycles. The van der Waals surface area contributed by atoms with Gasteiger partial charge in [-0.15, -0.1) is 11.3 Å². The quantitative estimate of drug-likeness (QED) is 0.768. The van der Waals surface area contributed by atoms with E-state index in [1.807, 2.05) is 10.3 Å². The van der Waals surface area contributed by atoms with E-state index >= 15 is 0 Å². The van der Waals surface area contributed by atoms with Crippen LogP contribution in [0.1, 0.15) is 12.1 Å².